The number of ether oxygens (including phenoxy) is 1. The molecule has 0 bridgehead atoms. The van der Waals surface area contributed by atoms with Crippen LogP contribution in [0.2, 0.25) is 0 Å². The van der Waals surface area contributed by atoms with Crippen LogP contribution in [0.15, 0.2) is 108 Å². The predicted octanol–water partition coefficient (Wildman–Crippen LogP) is 5.92. The molecule has 0 spiro atoms. The van der Waals surface area contributed by atoms with Gasteiger partial charge in [0.05, 0.1) is 17.7 Å². The topological polar surface area (TPSA) is 96.0 Å². The number of carbonyl (C=O) groups excluding carboxylic acids is 2. The zero-order chi connectivity index (χ0) is 33.3. The van der Waals surface area contributed by atoms with Crippen LogP contribution in [-0.2, 0) is 32.6 Å². The molecule has 1 atom stereocenters. The fraction of sp³-hybridized carbons (Fsp3) is 0.297. The summed E-state index contributed by atoms with van der Waals surface area (Å²) >= 11 is 0. The summed E-state index contributed by atoms with van der Waals surface area (Å²) in [6, 6.07) is 29.4. The third-order valence-corrected chi connectivity index (χ3v) is 9.59. The number of aryl methyl sites for hydroxylation is 2. The van der Waals surface area contributed by atoms with Gasteiger partial charge in [0.25, 0.3) is 10.0 Å². The lowest BCUT2D eigenvalue weighted by atomic mass is 10.0. The predicted molar refractivity (Wildman–Crippen MR) is 182 cm³/mol. The van der Waals surface area contributed by atoms with Crippen molar-refractivity contribution in [3.8, 4) is 5.75 Å². The highest BCUT2D eigenvalue weighted by Crippen LogP contribution is 2.27. The van der Waals surface area contributed by atoms with Crippen molar-refractivity contribution in [2.24, 2.45) is 5.92 Å². The van der Waals surface area contributed by atoms with Gasteiger partial charge in [-0.05, 0) is 72.9 Å². The maximum absolute atomic E-state index is 14.6. The first kappa shape index (κ1) is 34.2. The minimum atomic E-state index is -4.20. The Bertz CT molecular complexity index is 1710. The number of amides is 2. The summed E-state index contributed by atoms with van der Waals surface area (Å²) in [4.78, 5) is 30.0. The van der Waals surface area contributed by atoms with Crippen LogP contribution in [0.25, 0.3) is 0 Å². The fourth-order valence-corrected chi connectivity index (χ4v) is 6.48. The van der Waals surface area contributed by atoms with Gasteiger partial charge in [-0.15, -0.1) is 0 Å². The first-order chi connectivity index (χ1) is 22.0. The molecule has 46 heavy (non-hydrogen) atoms. The minimum absolute atomic E-state index is 0.0163. The maximum atomic E-state index is 14.6. The van der Waals surface area contributed by atoms with Gasteiger partial charge in [-0.25, -0.2) is 8.42 Å². The van der Waals surface area contributed by atoms with Crippen LogP contribution in [0.1, 0.15) is 36.1 Å². The van der Waals surface area contributed by atoms with Gasteiger partial charge in [0.1, 0.15) is 18.3 Å². The summed E-state index contributed by atoms with van der Waals surface area (Å²) in [5.74, 6) is -0.0769. The second-order valence-corrected chi connectivity index (χ2v) is 13.7. The molecule has 0 aliphatic heterocycles. The molecule has 4 rings (SSSR count). The number of hydrogen-bond donors (Lipinski definition) is 1. The molecule has 0 fully saturated rings. The van der Waals surface area contributed by atoms with Gasteiger partial charge in [0.15, 0.2) is 0 Å². The summed E-state index contributed by atoms with van der Waals surface area (Å²) in [5, 5.41) is 3.02. The van der Waals surface area contributed by atoms with Crippen LogP contribution in [0, 0.1) is 19.8 Å². The molecule has 0 heterocycles. The smallest absolute Gasteiger partial charge is 0.264 e. The largest absolute Gasteiger partial charge is 0.497 e. The van der Waals surface area contributed by atoms with Gasteiger partial charge in [-0.3, -0.25) is 13.9 Å². The lowest BCUT2D eigenvalue weighted by Gasteiger charge is -2.34. The summed E-state index contributed by atoms with van der Waals surface area (Å²) in [7, 11) is -2.69. The van der Waals surface area contributed by atoms with E-state index in [4.69, 9.17) is 4.74 Å². The Morgan fingerprint density at radius 2 is 1.46 bits per heavy atom. The molecule has 0 saturated heterocycles. The van der Waals surface area contributed by atoms with E-state index in [1.807, 2.05) is 82.3 Å². The van der Waals surface area contributed by atoms with E-state index in [9.17, 15) is 18.0 Å². The van der Waals surface area contributed by atoms with E-state index in [0.29, 0.717) is 18.0 Å². The van der Waals surface area contributed by atoms with Crippen molar-refractivity contribution in [1.29, 1.82) is 0 Å². The number of anilines is 1. The number of carbonyl (C=O) groups is 2. The molecule has 242 valence electrons. The number of rotatable bonds is 14. The van der Waals surface area contributed by atoms with E-state index in [2.05, 4.69) is 5.32 Å². The second-order valence-electron chi connectivity index (χ2n) is 11.8. The maximum Gasteiger partial charge on any atom is 0.264 e. The summed E-state index contributed by atoms with van der Waals surface area (Å²) in [6.07, 6.45) is 0.262. The van der Waals surface area contributed by atoms with Crippen molar-refractivity contribution >= 4 is 27.5 Å². The first-order valence-electron chi connectivity index (χ1n) is 15.4. The number of sulfonamides is 1. The zero-order valence-electron chi connectivity index (χ0n) is 27.1. The van der Waals surface area contributed by atoms with Crippen LogP contribution in [0.5, 0.6) is 5.75 Å². The van der Waals surface area contributed by atoms with Crippen molar-refractivity contribution in [1.82, 2.24) is 10.2 Å². The highest BCUT2D eigenvalue weighted by atomic mass is 32.2. The zero-order valence-corrected chi connectivity index (χ0v) is 28.0. The Kier molecular flexibility index (Phi) is 11.6. The summed E-state index contributed by atoms with van der Waals surface area (Å²) in [6.45, 7) is 7.94. The molecule has 1 N–H and O–H groups in total. The summed E-state index contributed by atoms with van der Waals surface area (Å²) < 4.78 is 34.7. The van der Waals surface area contributed by atoms with Crippen LogP contribution in [0.4, 0.5) is 5.69 Å². The highest BCUT2D eigenvalue weighted by Gasteiger charge is 2.35. The highest BCUT2D eigenvalue weighted by molar-refractivity contribution is 7.92. The average molecular weight is 642 g/mol. The molecular formula is C37H43N3O5S. The summed E-state index contributed by atoms with van der Waals surface area (Å²) in [5.41, 5.74) is 4.00. The third kappa shape index (κ3) is 8.75. The Morgan fingerprint density at radius 1 is 0.826 bits per heavy atom. The van der Waals surface area contributed by atoms with Crippen molar-refractivity contribution in [3.05, 3.63) is 125 Å². The van der Waals surface area contributed by atoms with Crippen molar-refractivity contribution in [2.45, 2.75) is 51.6 Å². The van der Waals surface area contributed by atoms with E-state index < -0.39 is 28.5 Å². The number of benzene rings is 4. The molecule has 0 aromatic heterocycles. The molecule has 2 amide bonds. The van der Waals surface area contributed by atoms with Gasteiger partial charge in [0.2, 0.25) is 11.8 Å². The lowest BCUT2D eigenvalue weighted by Crippen LogP contribution is -2.53. The standard InChI is InChI=1S/C37H43N3O5S/c1-27(2)24-38-37(42)35(23-30-12-7-6-8-13-30)39(25-31-14-10-9-11-29(31)4)36(41)26-40(32-17-15-28(3)16-18-32)46(43,44)34-21-19-33(45-5)20-22-34/h6-22,27,35H,23-26H2,1-5H3,(H,38,42)/t35-/m0/s1. The van der Waals surface area contributed by atoms with Crippen molar-refractivity contribution in [3.63, 3.8) is 0 Å². The van der Waals surface area contributed by atoms with Gasteiger partial charge < -0.3 is 15.0 Å². The third-order valence-electron chi connectivity index (χ3n) is 7.81. The molecular weight excluding hydrogens is 598 g/mol. The van der Waals surface area contributed by atoms with E-state index >= 15 is 0 Å². The molecule has 0 unspecified atom stereocenters. The van der Waals surface area contributed by atoms with Gasteiger partial charge in [-0.2, -0.15) is 0 Å². The normalized spacial score (nSPS) is 12.0. The quantitative estimate of drug-likeness (QED) is 0.185. The Labute approximate surface area is 273 Å². The van der Waals surface area contributed by atoms with Crippen molar-refractivity contribution < 1.29 is 22.7 Å². The van der Waals surface area contributed by atoms with Gasteiger partial charge in [-0.1, -0.05) is 86.1 Å². The molecule has 0 saturated carbocycles. The molecule has 0 radical (unpaired) electrons. The Morgan fingerprint density at radius 3 is 2.07 bits per heavy atom. The van der Waals surface area contributed by atoms with Crippen LogP contribution >= 0.6 is 0 Å². The van der Waals surface area contributed by atoms with Gasteiger partial charge in [0, 0.05) is 19.5 Å². The van der Waals surface area contributed by atoms with Crippen LogP contribution in [-0.4, -0.2) is 51.4 Å². The monoisotopic (exact) mass is 641 g/mol. The van der Waals surface area contributed by atoms with E-state index in [1.165, 1.54) is 24.1 Å². The number of methoxy groups -OCH3 is 1. The van der Waals surface area contributed by atoms with Gasteiger partial charge >= 0.3 is 0 Å². The van der Waals surface area contributed by atoms with E-state index in [0.717, 1.165) is 26.6 Å². The molecule has 8 nitrogen and oxygen atoms in total. The minimum Gasteiger partial charge on any atom is -0.497 e. The number of nitrogens with zero attached hydrogens (tertiary/aromatic N) is 2. The number of nitrogens with one attached hydrogen (secondary N) is 1. The molecule has 0 aliphatic rings. The van der Waals surface area contributed by atoms with Crippen LogP contribution < -0.4 is 14.4 Å². The number of hydrogen-bond acceptors (Lipinski definition) is 5. The van der Waals surface area contributed by atoms with Crippen LogP contribution in [0.3, 0.4) is 0 Å². The Hall–Kier alpha value is -4.63. The molecule has 4 aromatic rings. The Balaban J connectivity index is 1.80. The average Bonchev–Trinajstić information content (AvgIpc) is 3.05. The SMILES string of the molecule is COc1ccc(S(=O)(=O)N(CC(=O)N(Cc2ccccc2C)[C@@H](Cc2ccccc2)C(=O)NCC(C)C)c2ccc(C)cc2)cc1. The lowest BCUT2D eigenvalue weighted by molar-refractivity contribution is -0.140. The second kappa shape index (κ2) is 15.6. The van der Waals surface area contributed by atoms with E-state index in [-0.39, 0.29) is 29.7 Å². The van der Waals surface area contributed by atoms with E-state index in [1.54, 1.807) is 36.4 Å². The van der Waals surface area contributed by atoms with Crippen molar-refractivity contribution in [2.75, 3.05) is 24.5 Å². The molecule has 4 aromatic carbocycles. The molecule has 9 heteroatoms. The molecule has 0 aliphatic carbocycles. The fourth-order valence-electron chi connectivity index (χ4n) is 5.06. The first-order valence-corrected chi connectivity index (χ1v) is 16.8.